The van der Waals surface area contributed by atoms with Gasteiger partial charge in [-0.3, -0.25) is 9.98 Å². The van der Waals surface area contributed by atoms with Crippen LogP contribution in [0.3, 0.4) is 0 Å². The van der Waals surface area contributed by atoms with Crippen LogP contribution >= 0.6 is 0 Å². The summed E-state index contributed by atoms with van der Waals surface area (Å²) in [6, 6.07) is 0. The van der Waals surface area contributed by atoms with Gasteiger partial charge in [-0.15, -0.1) is 0 Å². The lowest BCUT2D eigenvalue weighted by molar-refractivity contribution is 0.694. The van der Waals surface area contributed by atoms with Gasteiger partial charge >= 0.3 is 0 Å². The topological polar surface area (TPSA) is 24.7 Å². The zero-order valence-corrected chi connectivity index (χ0v) is 11.4. The zero-order chi connectivity index (χ0) is 12.1. The van der Waals surface area contributed by atoms with Gasteiger partial charge in [-0.25, -0.2) is 0 Å². The molecule has 2 aliphatic carbocycles. The van der Waals surface area contributed by atoms with Crippen LogP contribution < -0.4 is 0 Å². The van der Waals surface area contributed by atoms with Crippen molar-refractivity contribution in [2.75, 3.05) is 13.1 Å². The maximum Gasteiger partial charge on any atom is 0.0388 e. The molecule has 2 fully saturated rings. The van der Waals surface area contributed by atoms with Gasteiger partial charge in [0.1, 0.15) is 0 Å². The van der Waals surface area contributed by atoms with Gasteiger partial charge in [0.25, 0.3) is 0 Å². The molecule has 0 N–H and O–H groups in total. The molecular weight excluding hydrogens is 208 g/mol. The van der Waals surface area contributed by atoms with Crippen LogP contribution in [-0.4, -0.2) is 24.5 Å². The van der Waals surface area contributed by atoms with Gasteiger partial charge in [0.05, 0.1) is 0 Å². The first-order valence-electron chi connectivity index (χ1n) is 7.29. The number of rotatable bonds is 8. The van der Waals surface area contributed by atoms with E-state index in [-0.39, 0.29) is 0 Å². The minimum absolute atomic E-state index is 0.848. The highest BCUT2D eigenvalue weighted by molar-refractivity contribution is 5.86. The van der Waals surface area contributed by atoms with E-state index in [2.05, 4.69) is 23.8 Å². The first-order valence-corrected chi connectivity index (χ1v) is 7.29. The molecule has 0 bridgehead atoms. The predicted molar refractivity (Wildman–Crippen MR) is 75.3 cm³/mol. The Kier molecular flexibility index (Phi) is 4.75. The summed E-state index contributed by atoms with van der Waals surface area (Å²) in [5.74, 6) is 1.70. The van der Waals surface area contributed by atoms with Crippen molar-refractivity contribution in [3.63, 3.8) is 0 Å². The summed E-state index contributed by atoms with van der Waals surface area (Å²) in [4.78, 5) is 9.28. The van der Waals surface area contributed by atoms with Crippen molar-refractivity contribution in [2.24, 2.45) is 21.8 Å². The lowest BCUT2D eigenvalue weighted by Gasteiger charge is -2.00. The Morgan fingerprint density at radius 2 is 1.18 bits per heavy atom. The lowest BCUT2D eigenvalue weighted by Crippen LogP contribution is -1.97. The fraction of sp³-hybridized carbons (Fsp3) is 0.867. The molecule has 0 saturated heterocycles. The normalized spacial score (nSPS) is 22.0. The van der Waals surface area contributed by atoms with Crippen molar-refractivity contribution in [3.05, 3.63) is 0 Å². The smallest absolute Gasteiger partial charge is 0.0388 e. The molecule has 0 aromatic heterocycles. The summed E-state index contributed by atoms with van der Waals surface area (Å²) < 4.78 is 0. The maximum atomic E-state index is 4.64. The van der Waals surface area contributed by atoms with Crippen molar-refractivity contribution in [1.82, 2.24) is 0 Å². The monoisotopic (exact) mass is 234 g/mol. The van der Waals surface area contributed by atoms with Crippen LogP contribution in [0.1, 0.15) is 58.8 Å². The highest BCUT2D eigenvalue weighted by atomic mass is 14.8. The van der Waals surface area contributed by atoms with Crippen molar-refractivity contribution in [2.45, 2.75) is 58.8 Å². The molecule has 0 heterocycles. The first kappa shape index (κ1) is 12.8. The molecule has 0 radical (unpaired) electrons. The lowest BCUT2D eigenvalue weighted by atomic mass is 10.2. The standard InChI is InChI=1S/C15H26N2/c1-12(14-6-7-14)16-10-4-3-5-11-17-13(2)15-8-9-15/h14-15H,3-11H2,1-2H3. The molecular formula is C15H26N2. The number of unbranched alkanes of at least 4 members (excludes halogenated alkanes) is 2. The summed E-state index contributed by atoms with van der Waals surface area (Å²) in [5.41, 5.74) is 2.79. The van der Waals surface area contributed by atoms with E-state index >= 15 is 0 Å². The Bertz CT molecular complexity index is 266. The third kappa shape index (κ3) is 5.01. The highest BCUT2D eigenvalue weighted by Crippen LogP contribution is 2.31. The minimum atomic E-state index is 0.848. The van der Waals surface area contributed by atoms with E-state index in [1.54, 1.807) is 0 Å². The molecule has 0 aliphatic heterocycles. The van der Waals surface area contributed by atoms with Crippen molar-refractivity contribution >= 4 is 11.4 Å². The zero-order valence-electron chi connectivity index (χ0n) is 11.4. The number of hydrogen-bond acceptors (Lipinski definition) is 2. The second kappa shape index (κ2) is 6.32. The van der Waals surface area contributed by atoms with Crippen molar-refractivity contribution < 1.29 is 0 Å². The third-order valence-electron chi connectivity index (χ3n) is 3.87. The van der Waals surface area contributed by atoms with Crippen molar-refractivity contribution in [3.8, 4) is 0 Å². The molecule has 96 valence electrons. The van der Waals surface area contributed by atoms with Crippen LogP contribution in [0.4, 0.5) is 0 Å². The molecule has 17 heavy (non-hydrogen) atoms. The van der Waals surface area contributed by atoms with Crippen LogP contribution in [0.25, 0.3) is 0 Å². The van der Waals surface area contributed by atoms with E-state index in [9.17, 15) is 0 Å². The minimum Gasteiger partial charge on any atom is -0.294 e. The second-order valence-corrected chi connectivity index (χ2v) is 5.66. The Hall–Kier alpha value is -0.660. The van der Waals surface area contributed by atoms with Gasteiger partial charge in [0.2, 0.25) is 0 Å². The molecule has 2 saturated carbocycles. The molecule has 2 rings (SSSR count). The molecule has 0 amide bonds. The largest absolute Gasteiger partial charge is 0.294 e. The first-order chi connectivity index (χ1) is 8.27. The highest BCUT2D eigenvalue weighted by Gasteiger charge is 2.24. The fourth-order valence-corrected chi connectivity index (χ4v) is 2.17. The molecule has 0 aromatic carbocycles. The van der Waals surface area contributed by atoms with E-state index in [0.29, 0.717) is 0 Å². The van der Waals surface area contributed by atoms with Crippen LogP contribution in [0.5, 0.6) is 0 Å². The Labute approximate surface area is 106 Å². The van der Waals surface area contributed by atoms with E-state index in [1.165, 1.54) is 56.4 Å². The SMILES string of the molecule is CC(=NCCCCCN=C(C)C1CC1)C1CC1. The molecule has 0 unspecified atom stereocenters. The van der Waals surface area contributed by atoms with Gasteiger partial charge in [0, 0.05) is 24.5 Å². The van der Waals surface area contributed by atoms with Gasteiger partial charge in [0.15, 0.2) is 0 Å². The summed E-state index contributed by atoms with van der Waals surface area (Å²) in [5, 5.41) is 0. The summed E-state index contributed by atoms with van der Waals surface area (Å²) in [6.07, 6.45) is 9.27. The predicted octanol–water partition coefficient (Wildman–Crippen LogP) is 3.90. The summed E-state index contributed by atoms with van der Waals surface area (Å²) >= 11 is 0. The average molecular weight is 234 g/mol. The third-order valence-corrected chi connectivity index (χ3v) is 3.87. The number of nitrogens with zero attached hydrogens (tertiary/aromatic N) is 2. The molecule has 2 aliphatic rings. The molecule has 2 heteroatoms. The Morgan fingerprint density at radius 3 is 1.53 bits per heavy atom. The van der Waals surface area contributed by atoms with Gasteiger partial charge in [-0.1, -0.05) is 0 Å². The van der Waals surface area contributed by atoms with Gasteiger partial charge in [-0.2, -0.15) is 0 Å². The van der Waals surface area contributed by atoms with Gasteiger partial charge < -0.3 is 0 Å². The number of aliphatic imine (C=N–C) groups is 2. The Morgan fingerprint density at radius 1 is 0.765 bits per heavy atom. The summed E-state index contributed by atoms with van der Waals surface area (Å²) in [6.45, 7) is 6.46. The van der Waals surface area contributed by atoms with E-state index in [0.717, 1.165) is 24.9 Å². The molecule has 0 aromatic rings. The van der Waals surface area contributed by atoms with Crippen LogP contribution in [-0.2, 0) is 0 Å². The Balaban J connectivity index is 1.45. The quantitative estimate of drug-likeness (QED) is 0.449. The second-order valence-electron chi connectivity index (χ2n) is 5.66. The molecule has 0 atom stereocenters. The van der Waals surface area contributed by atoms with Crippen LogP contribution in [0.15, 0.2) is 9.98 Å². The molecule has 0 spiro atoms. The van der Waals surface area contributed by atoms with E-state index in [1.807, 2.05) is 0 Å². The van der Waals surface area contributed by atoms with Gasteiger partial charge in [-0.05, 0) is 70.6 Å². The van der Waals surface area contributed by atoms with Crippen LogP contribution in [0, 0.1) is 11.8 Å². The van der Waals surface area contributed by atoms with E-state index < -0.39 is 0 Å². The number of hydrogen-bond donors (Lipinski definition) is 0. The average Bonchev–Trinajstić information content (AvgIpc) is 3.20. The summed E-state index contributed by atoms with van der Waals surface area (Å²) in [7, 11) is 0. The molecule has 2 nitrogen and oxygen atoms in total. The van der Waals surface area contributed by atoms with Crippen molar-refractivity contribution in [1.29, 1.82) is 0 Å². The maximum absolute atomic E-state index is 4.64. The fourth-order valence-electron chi connectivity index (χ4n) is 2.17. The van der Waals surface area contributed by atoms with E-state index in [4.69, 9.17) is 0 Å². The van der Waals surface area contributed by atoms with Crippen LogP contribution in [0.2, 0.25) is 0 Å².